The van der Waals surface area contributed by atoms with Crippen LogP contribution in [0.4, 0.5) is 19.0 Å². The summed E-state index contributed by atoms with van der Waals surface area (Å²) in [5.41, 5.74) is -0.928. The van der Waals surface area contributed by atoms with E-state index >= 15 is 0 Å². The average molecular weight is 247 g/mol. The van der Waals surface area contributed by atoms with E-state index < -0.39 is 11.9 Å². The number of hydrogen-bond donors (Lipinski definition) is 1. The van der Waals surface area contributed by atoms with Gasteiger partial charge >= 0.3 is 6.18 Å². The monoisotopic (exact) mass is 247 g/mol. The first-order chi connectivity index (χ1) is 7.69. The van der Waals surface area contributed by atoms with Gasteiger partial charge in [0.25, 0.3) is 0 Å². The molecule has 2 rings (SSSR count). The van der Waals surface area contributed by atoms with Crippen molar-refractivity contribution in [1.29, 1.82) is 0 Å². The summed E-state index contributed by atoms with van der Waals surface area (Å²) in [5.74, 6) is 0.462. The number of nitrogens with one attached hydrogen (secondary N) is 1. The molecule has 0 bridgehead atoms. The molecule has 0 aromatic carbocycles. The van der Waals surface area contributed by atoms with Crippen LogP contribution in [-0.2, 0) is 6.18 Å². The Balaban J connectivity index is 2.42. The van der Waals surface area contributed by atoms with Crippen LogP contribution in [0.3, 0.4) is 0 Å². The second-order valence-corrected chi connectivity index (χ2v) is 5.45. The second-order valence-electron chi connectivity index (χ2n) is 5.45. The minimum absolute atomic E-state index is 0.00477. The molecular weight excluding hydrogens is 231 g/mol. The normalized spacial score (nSPS) is 20.9. The van der Waals surface area contributed by atoms with Crippen molar-refractivity contribution in [2.24, 2.45) is 5.41 Å². The van der Waals surface area contributed by atoms with Crippen LogP contribution in [0.1, 0.15) is 38.9 Å². The standard InChI is InChI=1S/C11H16F3N3/c1-10(2,3)8-4-5-15-9-6-7(11(12,13)14)16-17(8)9/h6,8,15H,4-5H2,1-3H3. The number of nitrogens with zero attached hydrogens (tertiary/aromatic N) is 2. The van der Waals surface area contributed by atoms with Gasteiger partial charge in [-0.3, -0.25) is 0 Å². The quantitative estimate of drug-likeness (QED) is 0.762. The number of halogens is 3. The number of alkyl halides is 3. The highest BCUT2D eigenvalue weighted by Gasteiger charge is 2.38. The van der Waals surface area contributed by atoms with Gasteiger partial charge in [0, 0.05) is 12.6 Å². The minimum atomic E-state index is -4.38. The summed E-state index contributed by atoms with van der Waals surface area (Å²) >= 11 is 0. The van der Waals surface area contributed by atoms with Gasteiger partial charge in [-0.2, -0.15) is 18.3 Å². The van der Waals surface area contributed by atoms with Crippen molar-refractivity contribution in [3.8, 4) is 0 Å². The number of aromatic nitrogens is 2. The third kappa shape index (κ3) is 2.25. The maximum absolute atomic E-state index is 12.6. The Hall–Kier alpha value is -1.20. The molecule has 0 saturated heterocycles. The first kappa shape index (κ1) is 12.3. The highest BCUT2D eigenvalue weighted by molar-refractivity contribution is 5.40. The van der Waals surface area contributed by atoms with Gasteiger partial charge in [-0.05, 0) is 11.8 Å². The van der Waals surface area contributed by atoms with E-state index in [1.54, 1.807) is 0 Å². The van der Waals surface area contributed by atoms with Gasteiger partial charge in [-0.25, -0.2) is 4.68 Å². The smallest absolute Gasteiger partial charge is 0.370 e. The van der Waals surface area contributed by atoms with Gasteiger partial charge in [0.15, 0.2) is 5.69 Å². The molecule has 17 heavy (non-hydrogen) atoms. The summed E-state index contributed by atoms with van der Waals surface area (Å²) < 4.78 is 39.3. The summed E-state index contributed by atoms with van der Waals surface area (Å²) in [6, 6.07) is 1.08. The zero-order chi connectivity index (χ0) is 12.8. The molecule has 0 spiro atoms. The van der Waals surface area contributed by atoms with Gasteiger partial charge in [0.05, 0.1) is 6.04 Å². The summed E-state index contributed by atoms with van der Waals surface area (Å²) in [6.45, 7) is 6.73. The highest BCUT2D eigenvalue weighted by atomic mass is 19.4. The molecule has 3 nitrogen and oxygen atoms in total. The van der Waals surface area contributed by atoms with Crippen LogP contribution in [0, 0.1) is 5.41 Å². The molecule has 1 aromatic heterocycles. The van der Waals surface area contributed by atoms with E-state index in [-0.39, 0.29) is 11.5 Å². The summed E-state index contributed by atoms with van der Waals surface area (Å²) in [7, 11) is 0. The Morgan fingerprint density at radius 1 is 1.35 bits per heavy atom. The molecule has 96 valence electrons. The molecule has 6 heteroatoms. The zero-order valence-electron chi connectivity index (χ0n) is 10.1. The van der Waals surface area contributed by atoms with E-state index in [4.69, 9.17) is 0 Å². The largest absolute Gasteiger partial charge is 0.435 e. The number of rotatable bonds is 0. The van der Waals surface area contributed by atoms with Crippen LogP contribution in [0.25, 0.3) is 0 Å². The summed E-state index contributed by atoms with van der Waals surface area (Å²) in [6.07, 6.45) is -3.59. The minimum Gasteiger partial charge on any atom is -0.370 e. The van der Waals surface area contributed by atoms with Crippen LogP contribution in [0.15, 0.2) is 6.07 Å². The lowest BCUT2D eigenvalue weighted by atomic mass is 9.84. The molecule has 2 heterocycles. The van der Waals surface area contributed by atoms with Crippen molar-refractivity contribution in [3.05, 3.63) is 11.8 Å². The van der Waals surface area contributed by atoms with E-state index in [0.29, 0.717) is 12.4 Å². The van der Waals surface area contributed by atoms with Crippen molar-refractivity contribution in [3.63, 3.8) is 0 Å². The first-order valence-corrected chi connectivity index (χ1v) is 5.60. The number of anilines is 1. The third-order valence-corrected chi connectivity index (χ3v) is 3.04. The Bertz CT molecular complexity index is 415. The molecule has 0 radical (unpaired) electrons. The Kier molecular flexibility index (Phi) is 2.63. The van der Waals surface area contributed by atoms with Gasteiger partial charge < -0.3 is 5.32 Å². The van der Waals surface area contributed by atoms with Crippen LogP contribution < -0.4 is 5.32 Å². The molecule has 0 aliphatic carbocycles. The zero-order valence-corrected chi connectivity index (χ0v) is 10.1. The number of fused-ring (bicyclic) bond motifs is 1. The molecule has 1 unspecified atom stereocenters. The number of hydrogen-bond acceptors (Lipinski definition) is 2. The van der Waals surface area contributed by atoms with Crippen molar-refractivity contribution in [2.45, 2.75) is 39.4 Å². The molecule has 1 aliphatic rings. The lowest BCUT2D eigenvalue weighted by Crippen LogP contribution is -2.32. The van der Waals surface area contributed by atoms with Crippen molar-refractivity contribution in [2.75, 3.05) is 11.9 Å². The van der Waals surface area contributed by atoms with Crippen molar-refractivity contribution in [1.82, 2.24) is 9.78 Å². The summed E-state index contributed by atoms with van der Waals surface area (Å²) in [5, 5.41) is 6.66. The van der Waals surface area contributed by atoms with E-state index in [0.717, 1.165) is 12.5 Å². The van der Waals surface area contributed by atoms with Gasteiger partial charge in [0.2, 0.25) is 0 Å². The van der Waals surface area contributed by atoms with Crippen LogP contribution in [-0.4, -0.2) is 16.3 Å². The van der Waals surface area contributed by atoms with Crippen LogP contribution in [0.2, 0.25) is 0 Å². The third-order valence-electron chi connectivity index (χ3n) is 3.04. The molecule has 0 amide bonds. The van der Waals surface area contributed by atoms with E-state index in [2.05, 4.69) is 10.4 Å². The Morgan fingerprint density at radius 3 is 2.53 bits per heavy atom. The Labute approximate surface area is 98.0 Å². The topological polar surface area (TPSA) is 29.9 Å². The van der Waals surface area contributed by atoms with Crippen LogP contribution >= 0.6 is 0 Å². The second kappa shape index (κ2) is 3.65. The van der Waals surface area contributed by atoms with Gasteiger partial charge in [-0.15, -0.1) is 0 Å². The highest BCUT2D eigenvalue weighted by Crippen LogP contribution is 2.39. The van der Waals surface area contributed by atoms with E-state index in [1.807, 2.05) is 20.8 Å². The van der Waals surface area contributed by atoms with E-state index in [9.17, 15) is 13.2 Å². The average Bonchev–Trinajstić information content (AvgIpc) is 2.57. The van der Waals surface area contributed by atoms with E-state index in [1.165, 1.54) is 4.68 Å². The molecule has 0 saturated carbocycles. The fourth-order valence-electron chi connectivity index (χ4n) is 2.16. The molecule has 1 N–H and O–H groups in total. The van der Waals surface area contributed by atoms with Crippen molar-refractivity contribution < 1.29 is 13.2 Å². The molecule has 0 fully saturated rings. The maximum atomic E-state index is 12.6. The molecule has 1 aromatic rings. The maximum Gasteiger partial charge on any atom is 0.435 e. The van der Waals surface area contributed by atoms with Crippen LogP contribution in [0.5, 0.6) is 0 Å². The lowest BCUT2D eigenvalue weighted by Gasteiger charge is -2.35. The first-order valence-electron chi connectivity index (χ1n) is 5.60. The molecular formula is C11H16F3N3. The molecule has 1 aliphatic heterocycles. The predicted molar refractivity (Wildman–Crippen MR) is 58.8 cm³/mol. The fraction of sp³-hybridized carbons (Fsp3) is 0.727. The fourth-order valence-corrected chi connectivity index (χ4v) is 2.16. The SMILES string of the molecule is CC(C)(C)C1CCNc2cc(C(F)(F)F)nn21. The van der Waals surface area contributed by atoms with Crippen molar-refractivity contribution >= 4 is 5.82 Å². The summed E-state index contributed by atoms with van der Waals surface area (Å²) in [4.78, 5) is 0. The van der Waals surface area contributed by atoms with Gasteiger partial charge in [0.1, 0.15) is 5.82 Å². The van der Waals surface area contributed by atoms with Gasteiger partial charge in [-0.1, -0.05) is 20.8 Å². The lowest BCUT2D eigenvalue weighted by molar-refractivity contribution is -0.141. The molecule has 1 atom stereocenters. The Morgan fingerprint density at radius 2 is 2.00 bits per heavy atom. The predicted octanol–water partition coefficient (Wildman–Crippen LogP) is 3.30.